The average Bonchev–Trinajstić information content (AvgIpc) is 2.80. The van der Waals surface area contributed by atoms with E-state index < -0.39 is 0 Å². The van der Waals surface area contributed by atoms with Gasteiger partial charge in [0, 0.05) is 24.8 Å². The Hall–Kier alpha value is -3.48. The van der Waals surface area contributed by atoms with Gasteiger partial charge in [0.15, 0.2) is 5.82 Å². The van der Waals surface area contributed by atoms with E-state index in [1.807, 2.05) is 30.3 Å². The Labute approximate surface area is 174 Å². The van der Waals surface area contributed by atoms with Crippen LogP contribution < -0.4 is 15.0 Å². The van der Waals surface area contributed by atoms with E-state index in [0.29, 0.717) is 23.8 Å². The molecule has 1 amide bonds. The number of carbonyl (C=O) groups excluding carboxylic acids is 1. The summed E-state index contributed by atoms with van der Waals surface area (Å²) in [6, 6.07) is 15.3. The number of nitrogens with one attached hydrogen (secondary N) is 1. The lowest BCUT2D eigenvalue weighted by Gasteiger charge is -2.33. The number of piperidine rings is 1. The van der Waals surface area contributed by atoms with Gasteiger partial charge in [-0.1, -0.05) is 12.1 Å². The van der Waals surface area contributed by atoms with Crippen molar-refractivity contribution in [3.8, 4) is 17.1 Å². The summed E-state index contributed by atoms with van der Waals surface area (Å²) in [4.78, 5) is 23.9. The maximum absolute atomic E-state index is 13.2. The van der Waals surface area contributed by atoms with Crippen LogP contribution in [0.4, 0.5) is 15.9 Å². The molecular weight excluding hydrogens is 383 g/mol. The largest absolute Gasteiger partial charge is 0.495 e. The van der Waals surface area contributed by atoms with Gasteiger partial charge < -0.3 is 15.0 Å². The third kappa shape index (κ3) is 4.40. The maximum atomic E-state index is 13.2. The first-order valence-corrected chi connectivity index (χ1v) is 9.92. The van der Waals surface area contributed by atoms with E-state index in [1.54, 1.807) is 25.4 Å². The summed E-state index contributed by atoms with van der Waals surface area (Å²) in [6.45, 7) is 1.39. The predicted molar refractivity (Wildman–Crippen MR) is 114 cm³/mol. The van der Waals surface area contributed by atoms with Gasteiger partial charge in [-0.05, 0) is 55.3 Å². The third-order valence-electron chi connectivity index (χ3n) is 5.22. The Kier molecular flexibility index (Phi) is 5.88. The molecule has 1 N–H and O–H groups in total. The van der Waals surface area contributed by atoms with Crippen LogP contribution in [0.2, 0.25) is 0 Å². The molecule has 0 radical (unpaired) electrons. The van der Waals surface area contributed by atoms with Crippen molar-refractivity contribution in [2.24, 2.45) is 5.92 Å². The number of benzene rings is 2. The van der Waals surface area contributed by atoms with Crippen LogP contribution in [0.1, 0.15) is 12.8 Å². The minimum atomic E-state index is -0.296. The van der Waals surface area contributed by atoms with Crippen molar-refractivity contribution in [3.05, 3.63) is 66.6 Å². The summed E-state index contributed by atoms with van der Waals surface area (Å²) >= 11 is 0. The molecule has 2 heterocycles. The Morgan fingerprint density at radius 3 is 2.77 bits per heavy atom. The normalized spacial score (nSPS) is 16.2. The maximum Gasteiger partial charge on any atom is 0.229 e. The fourth-order valence-corrected chi connectivity index (χ4v) is 3.65. The van der Waals surface area contributed by atoms with Gasteiger partial charge in [-0.2, -0.15) is 0 Å². The Morgan fingerprint density at radius 2 is 1.97 bits per heavy atom. The van der Waals surface area contributed by atoms with Gasteiger partial charge in [0.25, 0.3) is 0 Å². The lowest BCUT2D eigenvalue weighted by atomic mass is 9.97. The first-order chi connectivity index (χ1) is 14.6. The molecule has 1 fully saturated rings. The summed E-state index contributed by atoms with van der Waals surface area (Å²) in [5.74, 6) is 1.45. The Bertz CT molecular complexity index is 1030. The molecular formula is C23H23FN4O2. The third-order valence-corrected chi connectivity index (χ3v) is 5.22. The molecule has 3 aromatic rings. The van der Waals surface area contributed by atoms with E-state index in [2.05, 4.69) is 20.2 Å². The van der Waals surface area contributed by atoms with Crippen LogP contribution in [-0.2, 0) is 4.79 Å². The summed E-state index contributed by atoms with van der Waals surface area (Å²) < 4.78 is 18.5. The first-order valence-electron chi connectivity index (χ1n) is 9.92. The van der Waals surface area contributed by atoms with Crippen LogP contribution in [0.25, 0.3) is 11.4 Å². The van der Waals surface area contributed by atoms with Crippen molar-refractivity contribution < 1.29 is 13.9 Å². The smallest absolute Gasteiger partial charge is 0.229 e. The quantitative estimate of drug-likeness (QED) is 0.690. The van der Waals surface area contributed by atoms with E-state index in [4.69, 9.17) is 4.74 Å². The molecule has 0 aliphatic carbocycles. The number of aromatic nitrogens is 2. The van der Waals surface area contributed by atoms with Gasteiger partial charge in [0.1, 0.15) is 17.4 Å². The van der Waals surface area contributed by atoms with Crippen molar-refractivity contribution in [2.45, 2.75) is 12.8 Å². The molecule has 1 aliphatic heterocycles. The standard InChI is InChI=1S/C23H23FN4O2/c1-30-20-7-3-2-6-19(20)26-23(29)17-5-4-14-28(15-17)21-12-13-25-22(27-21)16-8-10-18(24)11-9-16/h2-3,6-13,17H,4-5,14-15H2,1H3,(H,26,29)/t17-/m0/s1. The Balaban J connectivity index is 1.48. The summed E-state index contributed by atoms with van der Waals surface area (Å²) in [7, 11) is 1.58. The zero-order chi connectivity index (χ0) is 20.9. The van der Waals surface area contributed by atoms with Crippen molar-refractivity contribution >= 4 is 17.4 Å². The number of amides is 1. The number of hydrogen-bond acceptors (Lipinski definition) is 5. The highest BCUT2D eigenvalue weighted by Gasteiger charge is 2.27. The summed E-state index contributed by atoms with van der Waals surface area (Å²) in [5.41, 5.74) is 1.42. The highest BCUT2D eigenvalue weighted by atomic mass is 19.1. The zero-order valence-corrected chi connectivity index (χ0v) is 16.7. The van der Waals surface area contributed by atoms with Gasteiger partial charge >= 0.3 is 0 Å². The van der Waals surface area contributed by atoms with Crippen molar-refractivity contribution in [1.29, 1.82) is 0 Å². The second kappa shape index (κ2) is 8.90. The summed E-state index contributed by atoms with van der Waals surface area (Å²) in [5, 5.41) is 2.99. The number of carbonyl (C=O) groups is 1. The molecule has 0 spiro atoms. The highest BCUT2D eigenvalue weighted by Crippen LogP contribution is 2.27. The van der Waals surface area contributed by atoms with E-state index in [0.717, 1.165) is 30.8 Å². The molecule has 0 unspecified atom stereocenters. The second-order valence-electron chi connectivity index (χ2n) is 7.22. The van der Waals surface area contributed by atoms with Crippen LogP contribution >= 0.6 is 0 Å². The van der Waals surface area contributed by atoms with Gasteiger partial charge in [-0.3, -0.25) is 4.79 Å². The van der Waals surface area contributed by atoms with Crippen LogP contribution in [0.3, 0.4) is 0 Å². The SMILES string of the molecule is COc1ccccc1NC(=O)[C@H]1CCCN(c2ccnc(-c3ccc(F)cc3)n2)C1. The molecule has 0 bridgehead atoms. The molecule has 1 saturated heterocycles. The van der Waals surface area contributed by atoms with Gasteiger partial charge in [0.05, 0.1) is 18.7 Å². The van der Waals surface area contributed by atoms with Crippen LogP contribution in [0.15, 0.2) is 60.8 Å². The molecule has 4 rings (SSSR count). The average molecular weight is 406 g/mol. The van der Waals surface area contributed by atoms with Crippen molar-refractivity contribution in [1.82, 2.24) is 9.97 Å². The molecule has 1 aliphatic rings. The van der Waals surface area contributed by atoms with Crippen molar-refractivity contribution in [2.75, 3.05) is 30.4 Å². The molecule has 0 saturated carbocycles. The number of hydrogen-bond donors (Lipinski definition) is 1. The minimum absolute atomic E-state index is 0.0305. The van der Waals surface area contributed by atoms with Crippen LogP contribution in [0.5, 0.6) is 5.75 Å². The number of anilines is 2. The molecule has 1 atom stereocenters. The van der Waals surface area contributed by atoms with E-state index in [9.17, 15) is 9.18 Å². The molecule has 1 aromatic heterocycles. The number of nitrogens with zero attached hydrogens (tertiary/aromatic N) is 3. The number of ether oxygens (including phenoxy) is 1. The molecule has 6 nitrogen and oxygen atoms in total. The molecule has 2 aromatic carbocycles. The number of rotatable bonds is 5. The van der Waals surface area contributed by atoms with Crippen LogP contribution in [-0.4, -0.2) is 36.1 Å². The van der Waals surface area contributed by atoms with E-state index >= 15 is 0 Å². The first kappa shape index (κ1) is 19.8. The zero-order valence-electron chi connectivity index (χ0n) is 16.7. The monoisotopic (exact) mass is 406 g/mol. The number of para-hydroxylation sites is 2. The van der Waals surface area contributed by atoms with E-state index in [-0.39, 0.29) is 17.6 Å². The van der Waals surface area contributed by atoms with Crippen LogP contribution in [0, 0.1) is 11.7 Å². The number of halogens is 1. The lowest BCUT2D eigenvalue weighted by molar-refractivity contribution is -0.120. The summed E-state index contributed by atoms with van der Waals surface area (Å²) in [6.07, 6.45) is 3.40. The number of methoxy groups -OCH3 is 1. The molecule has 30 heavy (non-hydrogen) atoms. The fourth-order valence-electron chi connectivity index (χ4n) is 3.65. The van der Waals surface area contributed by atoms with E-state index in [1.165, 1.54) is 12.1 Å². The van der Waals surface area contributed by atoms with Gasteiger partial charge in [-0.15, -0.1) is 0 Å². The second-order valence-corrected chi connectivity index (χ2v) is 7.22. The molecule has 154 valence electrons. The lowest BCUT2D eigenvalue weighted by Crippen LogP contribution is -2.41. The highest BCUT2D eigenvalue weighted by molar-refractivity contribution is 5.94. The topological polar surface area (TPSA) is 67.3 Å². The predicted octanol–water partition coefficient (Wildman–Crippen LogP) is 4.15. The van der Waals surface area contributed by atoms with Crippen molar-refractivity contribution in [3.63, 3.8) is 0 Å². The Morgan fingerprint density at radius 1 is 1.17 bits per heavy atom. The van der Waals surface area contributed by atoms with Gasteiger partial charge in [0.2, 0.25) is 5.91 Å². The minimum Gasteiger partial charge on any atom is -0.495 e. The van der Waals surface area contributed by atoms with Gasteiger partial charge in [-0.25, -0.2) is 14.4 Å². The fraction of sp³-hybridized carbons (Fsp3) is 0.261. The molecule has 7 heteroatoms.